The minimum absolute atomic E-state index is 0.0280. The molecule has 0 fully saturated rings. The van der Waals surface area contributed by atoms with Crippen LogP contribution in [0.3, 0.4) is 0 Å². The summed E-state index contributed by atoms with van der Waals surface area (Å²) in [5, 5.41) is 2.79. The molecular weight excluding hydrogens is 452 g/mol. The van der Waals surface area contributed by atoms with Gasteiger partial charge < -0.3 is 5.32 Å². The van der Waals surface area contributed by atoms with E-state index in [4.69, 9.17) is 0 Å². The minimum atomic E-state index is -3.91. The molecule has 0 bridgehead atoms. The highest BCUT2D eigenvalue weighted by Gasteiger charge is 2.20. The molecule has 0 unspecified atom stereocenters. The van der Waals surface area contributed by atoms with Crippen LogP contribution in [-0.2, 0) is 24.1 Å². The quantitative estimate of drug-likeness (QED) is 0.455. The molecule has 0 spiro atoms. The molecule has 1 heterocycles. The Hall–Kier alpha value is -3.85. The van der Waals surface area contributed by atoms with Gasteiger partial charge in [0, 0.05) is 31.0 Å². The lowest BCUT2D eigenvalue weighted by Crippen LogP contribution is -2.19. The number of rotatable bonds is 5. The molecule has 1 amide bonds. The van der Waals surface area contributed by atoms with Crippen LogP contribution in [0.2, 0.25) is 0 Å². The van der Waals surface area contributed by atoms with Gasteiger partial charge in [-0.25, -0.2) is 13.2 Å². The van der Waals surface area contributed by atoms with Crippen molar-refractivity contribution in [1.82, 2.24) is 9.13 Å². The summed E-state index contributed by atoms with van der Waals surface area (Å²) in [5.74, 6) is -0.455. The maximum absolute atomic E-state index is 13.1. The number of carbonyl (C=O) groups is 1. The second-order valence-electron chi connectivity index (χ2n) is 8.52. The number of sulfonamides is 1. The predicted octanol–water partition coefficient (Wildman–Crippen LogP) is 3.86. The monoisotopic (exact) mass is 478 g/mol. The van der Waals surface area contributed by atoms with E-state index in [1.165, 1.54) is 15.2 Å². The highest BCUT2D eigenvalue weighted by Crippen LogP contribution is 2.24. The molecule has 2 N–H and O–H groups in total. The first-order chi connectivity index (χ1) is 16.0. The van der Waals surface area contributed by atoms with Gasteiger partial charge in [0.1, 0.15) is 0 Å². The summed E-state index contributed by atoms with van der Waals surface area (Å²) >= 11 is 0. The maximum Gasteiger partial charge on any atom is 0.328 e. The van der Waals surface area contributed by atoms with Crippen molar-refractivity contribution in [3.63, 3.8) is 0 Å². The number of anilines is 2. The Balaban J connectivity index is 1.63. The molecule has 34 heavy (non-hydrogen) atoms. The Morgan fingerprint density at radius 1 is 0.794 bits per heavy atom. The number of hydrogen-bond donors (Lipinski definition) is 2. The number of nitrogens with zero attached hydrogens (tertiary/aromatic N) is 2. The number of nitrogens with one attached hydrogen (secondary N) is 2. The van der Waals surface area contributed by atoms with Crippen LogP contribution in [0.4, 0.5) is 11.4 Å². The van der Waals surface area contributed by atoms with Crippen molar-refractivity contribution in [2.45, 2.75) is 25.7 Å². The van der Waals surface area contributed by atoms with E-state index >= 15 is 0 Å². The lowest BCUT2D eigenvalue weighted by Gasteiger charge is -2.13. The second-order valence-corrected chi connectivity index (χ2v) is 10.2. The molecule has 0 aliphatic carbocycles. The van der Waals surface area contributed by atoms with Crippen LogP contribution < -0.4 is 15.7 Å². The Labute approximate surface area is 197 Å². The number of imidazole rings is 1. The van der Waals surface area contributed by atoms with Gasteiger partial charge >= 0.3 is 5.69 Å². The van der Waals surface area contributed by atoms with Gasteiger partial charge in [-0.3, -0.25) is 18.7 Å². The minimum Gasteiger partial charge on any atom is -0.322 e. The summed E-state index contributed by atoms with van der Waals surface area (Å²) in [7, 11) is -0.567. The van der Waals surface area contributed by atoms with E-state index < -0.39 is 15.9 Å². The van der Waals surface area contributed by atoms with E-state index in [0.29, 0.717) is 22.5 Å². The van der Waals surface area contributed by atoms with Crippen LogP contribution in [0, 0.1) is 20.8 Å². The largest absolute Gasteiger partial charge is 0.328 e. The number of aromatic nitrogens is 2. The van der Waals surface area contributed by atoms with Crippen molar-refractivity contribution in [3.05, 3.63) is 87.3 Å². The van der Waals surface area contributed by atoms with Crippen LogP contribution in [0.25, 0.3) is 11.0 Å². The molecule has 4 rings (SSSR count). The fraction of sp³-hybridized carbons (Fsp3) is 0.200. The number of aryl methyl sites for hydroxylation is 5. The van der Waals surface area contributed by atoms with Gasteiger partial charge in [-0.05, 0) is 79.9 Å². The summed E-state index contributed by atoms with van der Waals surface area (Å²) in [4.78, 5) is 25.1. The van der Waals surface area contributed by atoms with Crippen molar-refractivity contribution in [3.8, 4) is 0 Å². The zero-order valence-electron chi connectivity index (χ0n) is 19.6. The summed E-state index contributed by atoms with van der Waals surface area (Å²) in [6, 6.07) is 15.2. The third kappa shape index (κ3) is 4.34. The molecule has 3 aromatic carbocycles. The SMILES string of the molecule is Cc1cc(C)cc(NS(=O)(=O)c2cc(C(=O)Nc3ccc4c(c3)n(C)c(=O)n4C)ccc2C)c1. The lowest BCUT2D eigenvalue weighted by molar-refractivity contribution is 0.102. The Kier molecular flexibility index (Phi) is 5.82. The van der Waals surface area contributed by atoms with Crippen LogP contribution in [0.15, 0.2) is 64.3 Å². The number of fused-ring (bicyclic) bond motifs is 1. The fourth-order valence-electron chi connectivity index (χ4n) is 4.06. The highest BCUT2D eigenvalue weighted by molar-refractivity contribution is 7.92. The molecule has 0 aliphatic heterocycles. The van der Waals surface area contributed by atoms with Crippen LogP contribution >= 0.6 is 0 Å². The number of benzene rings is 3. The standard InChI is InChI=1S/C25H26N4O4S/c1-15-10-16(2)12-20(11-15)27-34(32,33)23-13-18(7-6-17(23)3)24(30)26-19-8-9-21-22(14-19)29(5)25(31)28(21)4/h6-14,27H,1-5H3,(H,26,30). The van der Waals surface area contributed by atoms with Crippen molar-refractivity contribution < 1.29 is 13.2 Å². The smallest absolute Gasteiger partial charge is 0.322 e. The van der Waals surface area contributed by atoms with Crippen LogP contribution in [0.5, 0.6) is 0 Å². The molecule has 1 aromatic heterocycles. The third-order valence-electron chi connectivity index (χ3n) is 5.74. The van der Waals surface area contributed by atoms with E-state index in [0.717, 1.165) is 16.6 Å². The first kappa shape index (κ1) is 23.3. The van der Waals surface area contributed by atoms with E-state index in [1.54, 1.807) is 63.5 Å². The summed E-state index contributed by atoms with van der Waals surface area (Å²) in [5.41, 5.74) is 4.82. The molecule has 176 valence electrons. The van der Waals surface area contributed by atoms with E-state index in [9.17, 15) is 18.0 Å². The van der Waals surface area contributed by atoms with Gasteiger partial charge in [0.25, 0.3) is 15.9 Å². The zero-order chi connectivity index (χ0) is 24.8. The normalized spacial score (nSPS) is 11.6. The van der Waals surface area contributed by atoms with Gasteiger partial charge in [-0.15, -0.1) is 0 Å². The molecule has 0 radical (unpaired) electrons. The summed E-state index contributed by atoms with van der Waals surface area (Å²) in [6.45, 7) is 5.47. The molecule has 8 nitrogen and oxygen atoms in total. The first-order valence-corrected chi connectivity index (χ1v) is 12.1. The molecule has 0 aliphatic rings. The van der Waals surface area contributed by atoms with Gasteiger partial charge in [0.2, 0.25) is 0 Å². The number of carbonyl (C=O) groups excluding carboxylic acids is 1. The van der Waals surface area contributed by atoms with E-state index in [-0.39, 0.29) is 16.1 Å². The van der Waals surface area contributed by atoms with Gasteiger partial charge in [-0.2, -0.15) is 0 Å². The average molecular weight is 479 g/mol. The third-order valence-corrected chi connectivity index (χ3v) is 7.27. The molecule has 0 saturated carbocycles. The zero-order valence-corrected chi connectivity index (χ0v) is 20.4. The molecule has 4 aromatic rings. The fourth-order valence-corrected chi connectivity index (χ4v) is 5.37. The van der Waals surface area contributed by atoms with Crippen molar-refractivity contribution in [1.29, 1.82) is 0 Å². The maximum atomic E-state index is 13.1. The molecule has 0 atom stereocenters. The van der Waals surface area contributed by atoms with Crippen LogP contribution in [0.1, 0.15) is 27.0 Å². The van der Waals surface area contributed by atoms with E-state index in [2.05, 4.69) is 10.0 Å². The van der Waals surface area contributed by atoms with Crippen molar-refractivity contribution in [2.24, 2.45) is 14.1 Å². The topological polar surface area (TPSA) is 102 Å². The first-order valence-electron chi connectivity index (χ1n) is 10.6. The molecular formula is C25H26N4O4S. The Bertz CT molecular complexity index is 1590. The predicted molar refractivity (Wildman–Crippen MR) is 134 cm³/mol. The Morgan fingerprint density at radius 3 is 2.12 bits per heavy atom. The molecule has 9 heteroatoms. The lowest BCUT2D eigenvalue weighted by atomic mass is 10.1. The Morgan fingerprint density at radius 2 is 1.44 bits per heavy atom. The highest BCUT2D eigenvalue weighted by atomic mass is 32.2. The van der Waals surface area contributed by atoms with E-state index in [1.807, 2.05) is 19.9 Å². The summed E-state index contributed by atoms with van der Waals surface area (Å²) < 4.78 is 31.9. The van der Waals surface area contributed by atoms with Crippen LogP contribution in [-0.4, -0.2) is 23.5 Å². The number of amides is 1. The number of hydrogen-bond acceptors (Lipinski definition) is 4. The van der Waals surface area contributed by atoms with Gasteiger partial charge in [0.05, 0.1) is 15.9 Å². The van der Waals surface area contributed by atoms with Gasteiger partial charge in [0.15, 0.2) is 0 Å². The van der Waals surface area contributed by atoms with Gasteiger partial charge in [-0.1, -0.05) is 12.1 Å². The second kappa shape index (κ2) is 8.49. The van der Waals surface area contributed by atoms with Crippen molar-refractivity contribution in [2.75, 3.05) is 10.0 Å². The van der Waals surface area contributed by atoms with Crippen molar-refractivity contribution >= 4 is 38.3 Å². The molecule has 0 saturated heterocycles. The average Bonchev–Trinajstić information content (AvgIpc) is 2.96. The summed E-state index contributed by atoms with van der Waals surface area (Å²) in [6.07, 6.45) is 0.